The summed E-state index contributed by atoms with van der Waals surface area (Å²) in [6.45, 7) is 4.04. The van der Waals surface area contributed by atoms with Crippen LogP contribution in [0.4, 0.5) is 5.69 Å². The molecule has 1 aliphatic heterocycles. The number of hydrogen-bond donors (Lipinski definition) is 1. The number of aromatic carboxylic acids is 1. The lowest BCUT2D eigenvalue weighted by molar-refractivity contribution is 0.0326. The molecule has 5 nitrogen and oxygen atoms in total. The molecule has 0 bridgehead atoms. The molecular formula is C23H23ClN2O3S. The number of carbonyl (C=O) groups is 1. The smallest absolute Gasteiger partial charge is 0.337 e. The van der Waals surface area contributed by atoms with Gasteiger partial charge < -0.3 is 14.7 Å². The topological polar surface area (TPSA) is 62.7 Å². The van der Waals surface area contributed by atoms with Crippen molar-refractivity contribution < 1.29 is 14.6 Å². The number of carboxylic acid groups (broad SMARTS) is 1. The molecule has 2 aromatic carbocycles. The van der Waals surface area contributed by atoms with E-state index in [1.54, 1.807) is 23.5 Å². The SMILES string of the molecule is Cc1nc(-c2ccc(Cl)cc2)sc1CO[C@@H]1CCCN(c2ccccc2C(=O)O)C1. The molecule has 0 aliphatic carbocycles. The van der Waals surface area contributed by atoms with Crippen LogP contribution in [0, 0.1) is 6.92 Å². The van der Waals surface area contributed by atoms with Crippen molar-refractivity contribution in [3.8, 4) is 10.6 Å². The zero-order chi connectivity index (χ0) is 21.1. The van der Waals surface area contributed by atoms with Crippen LogP contribution in [0.15, 0.2) is 48.5 Å². The maximum atomic E-state index is 11.6. The molecule has 1 saturated heterocycles. The Morgan fingerprint density at radius 3 is 2.80 bits per heavy atom. The van der Waals surface area contributed by atoms with Gasteiger partial charge in [0.05, 0.1) is 34.5 Å². The predicted octanol–water partition coefficient (Wildman–Crippen LogP) is 5.66. The number of carboxylic acids is 1. The molecule has 3 aromatic rings. The van der Waals surface area contributed by atoms with Crippen LogP contribution in [-0.2, 0) is 11.3 Å². The third-order valence-electron chi connectivity index (χ3n) is 5.29. The van der Waals surface area contributed by atoms with Crippen LogP contribution >= 0.6 is 22.9 Å². The van der Waals surface area contributed by atoms with Gasteiger partial charge in [0.15, 0.2) is 0 Å². The van der Waals surface area contributed by atoms with Crippen molar-refractivity contribution in [2.45, 2.75) is 32.5 Å². The number of rotatable bonds is 6. The van der Waals surface area contributed by atoms with E-state index in [1.807, 2.05) is 43.3 Å². The number of anilines is 1. The second-order valence-electron chi connectivity index (χ2n) is 7.38. The number of benzene rings is 2. The summed E-state index contributed by atoms with van der Waals surface area (Å²) in [7, 11) is 0. The number of nitrogens with zero attached hydrogens (tertiary/aromatic N) is 2. The van der Waals surface area contributed by atoms with Gasteiger partial charge in [0.1, 0.15) is 5.01 Å². The molecule has 1 atom stereocenters. The van der Waals surface area contributed by atoms with E-state index in [2.05, 4.69) is 9.88 Å². The summed E-state index contributed by atoms with van der Waals surface area (Å²) in [6, 6.07) is 14.9. The molecule has 1 aliphatic rings. The molecule has 156 valence electrons. The normalized spacial score (nSPS) is 16.6. The lowest BCUT2D eigenvalue weighted by Gasteiger charge is -2.35. The minimum atomic E-state index is -0.899. The van der Waals surface area contributed by atoms with E-state index < -0.39 is 5.97 Å². The lowest BCUT2D eigenvalue weighted by atomic mass is 10.1. The zero-order valence-electron chi connectivity index (χ0n) is 16.7. The summed E-state index contributed by atoms with van der Waals surface area (Å²) in [5.74, 6) is -0.899. The third kappa shape index (κ3) is 4.67. The van der Waals surface area contributed by atoms with Crippen molar-refractivity contribution in [1.29, 1.82) is 0 Å². The summed E-state index contributed by atoms with van der Waals surface area (Å²) in [6.07, 6.45) is 1.99. The first-order valence-corrected chi connectivity index (χ1v) is 11.1. The molecule has 1 fully saturated rings. The molecule has 0 unspecified atom stereocenters. The summed E-state index contributed by atoms with van der Waals surface area (Å²) in [4.78, 5) is 19.5. The molecule has 0 saturated carbocycles. The van der Waals surface area contributed by atoms with Crippen LogP contribution in [0.2, 0.25) is 5.02 Å². The van der Waals surface area contributed by atoms with Gasteiger partial charge in [0, 0.05) is 23.7 Å². The Morgan fingerprint density at radius 1 is 1.27 bits per heavy atom. The Bertz CT molecular complexity index is 1040. The Morgan fingerprint density at radius 2 is 2.03 bits per heavy atom. The van der Waals surface area contributed by atoms with Crippen LogP contribution in [0.1, 0.15) is 33.8 Å². The molecule has 0 spiro atoms. The second kappa shape index (κ2) is 9.16. The molecule has 30 heavy (non-hydrogen) atoms. The largest absolute Gasteiger partial charge is 0.478 e. The predicted molar refractivity (Wildman–Crippen MR) is 121 cm³/mol. The molecule has 0 radical (unpaired) electrons. The maximum Gasteiger partial charge on any atom is 0.337 e. The second-order valence-corrected chi connectivity index (χ2v) is 8.90. The molecule has 4 rings (SSSR count). The molecular weight excluding hydrogens is 420 g/mol. The van der Waals surface area contributed by atoms with Crippen molar-refractivity contribution in [2.75, 3.05) is 18.0 Å². The first-order valence-electron chi connectivity index (χ1n) is 9.92. The van der Waals surface area contributed by atoms with Gasteiger partial charge in [-0.2, -0.15) is 0 Å². The highest BCUT2D eigenvalue weighted by Crippen LogP contribution is 2.30. The fourth-order valence-electron chi connectivity index (χ4n) is 3.69. The highest BCUT2D eigenvalue weighted by atomic mass is 35.5. The number of aromatic nitrogens is 1. The van der Waals surface area contributed by atoms with Crippen LogP contribution in [0.5, 0.6) is 0 Å². The summed E-state index contributed by atoms with van der Waals surface area (Å²) in [5, 5.41) is 11.2. The van der Waals surface area contributed by atoms with Crippen molar-refractivity contribution in [3.63, 3.8) is 0 Å². The van der Waals surface area contributed by atoms with Crippen molar-refractivity contribution >= 4 is 34.6 Å². The van der Waals surface area contributed by atoms with Crippen molar-refractivity contribution in [1.82, 2.24) is 4.98 Å². The Kier molecular flexibility index (Phi) is 6.37. The average Bonchev–Trinajstić information content (AvgIpc) is 3.13. The number of ether oxygens (including phenoxy) is 1. The first-order chi connectivity index (χ1) is 14.5. The van der Waals surface area contributed by atoms with Gasteiger partial charge in [-0.25, -0.2) is 9.78 Å². The zero-order valence-corrected chi connectivity index (χ0v) is 18.2. The van der Waals surface area contributed by atoms with Gasteiger partial charge in [-0.3, -0.25) is 0 Å². The van der Waals surface area contributed by atoms with E-state index in [1.165, 1.54) is 0 Å². The molecule has 0 amide bonds. The fraction of sp³-hybridized carbons (Fsp3) is 0.304. The highest BCUT2D eigenvalue weighted by molar-refractivity contribution is 7.15. The van der Waals surface area contributed by atoms with Gasteiger partial charge in [0.25, 0.3) is 0 Å². The summed E-state index contributed by atoms with van der Waals surface area (Å²) >= 11 is 7.62. The summed E-state index contributed by atoms with van der Waals surface area (Å²) in [5.41, 5.74) is 3.13. The average molecular weight is 443 g/mol. The third-order valence-corrected chi connectivity index (χ3v) is 6.72. The molecule has 1 aromatic heterocycles. The van der Waals surface area contributed by atoms with Gasteiger partial charge in [0.2, 0.25) is 0 Å². The Labute approximate surface area is 184 Å². The quantitative estimate of drug-likeness (QED) is 0.534. The van der Waals surface area contributed by atoms with E-state index in [0.29, 0.717) is 23.7 Å². The standard InChI is InChI=1S/C23H23ClN2O3S/c1-15-21(30-22(25-15)16-8-10-17(24)11-9-16)14-29-18-5-4-12-26(13-18)20-7-3-2-6-19(20)23(27)28/h2-3,6-11,18H,4-5,12-14H2,1H3,(H,27,28)/t18-/m1/s1. The molecule has 1 N–H and O–H groups in total. The summed E-state index contributed by atoms with van der Waals surface area (Å²) < 4.78 is 6.23. The van der Waals surface area contributed by atoms with Crippen molar-refractivity contribution in [3.05, 3.63) is 69.7 Å². The van der Waals surface area contributed by atoms with Gasteiger partial charge in [-0.1, -0.05) is 35.9 Å². The highest BCUT2D eigenvalue weighted by Gasteiger charge is 2.24. The monoisotopic (exact) mass is 442 g/mol. The lowest BCUT2D eigenvalue weighted by Crippen LogP contribution is -2.40. The van der Waals surface area contributed by atoms with Gasteiger partial charge in [-0.15, -0.1) is 11.3 Å². The van der Waals surface area contributed by atoms with Crippen molar-refractivity contribution in [2.24, 2.45) is 0 Å². The van der Waals surface area contributed by atoms with E-state index in [4.69, 9.17) is 16.3 Å². The molecule has 7 heteroatoms. The molecule has 2 heterocycles. The number of aryl methyl sites for hydroxylation is 1. The van der Waals surface area contributed by atoms with Crippen LogP contribution in [-0.4, -0.2) is 35.3 Å². The van der Waals surface area contributed by atoms with Gasteiger partial charge in [-0.05, 0) is 44.0 Å². The minimum Gasteiger partial charge on any atom is -0.478 e. The van der Waals surface area contributed by atoms with E-state index >= 15 is 0 Å². The number of para-hydroxylation sites is 1. The number of halogens is 1. The Hall–Kier alpha value is -2.41. The number of hydrogen-bond acceptors (Lipinski definition) is 5. The Balaban J connectivity index is 1.42. The van der Waals surface area contributed by atoms with E-state index in [-0.39, 0.29) is 6.10 Å². The van der Waals surface area contributed by atoms with E-state index in [0.717, 1.165) is 46.2 Å². The van der Waals surface area contributed by atoms with Crippen LogP contribution in [0.25, 0.3) is 10.6 Å². The van der Waals surface area contributed by atoms with Gasteiger partial charge >= 0.3 is 5.97 Å². The van der Waals surface area contributed by atoms with E-state index in [9.17, 15) is 9.90 Å². The maximum absolute atomic E-state index is 11.6. The minimum absolute atomic E-state index is 0.0566. The van der Waals surface area contributed by atoms with Crippen LogP contribution in [0.3, 0.4) is 0 Å². The van der Waals surface area contributed by atoms with Crippen LogP contribution < -0.4 is 4.90 Å². The first kappa shape index (κ1) is 20.8. The number of thiazole rings is 1. The number of piperidine rings is 1. The fourth-order valence-corrected chi connectivity index (χ4v) is 4.81.